The molecule has 1 saturated carbocycles. The van der Waals surface area contributed by atoms with Crippen molar-refractivity contribution in [2.75, 3.05) is 26.2 Å². The van der Waals surface area contributed by atoms with E-state index >= 15 is 0 Å². The second-order valence-corrected chi connectivity index (χ2v) is 6.20. The molecular weight excluding hydrogens is 212 g/mol. The Balaban J connectivity index is 2.18. The van der Waals surface area contributed by atoms with Gasteiger partial charge in [-0.15, -0.1) is 0 Å². The number of aliphatic hydroxyl groups excluding tert-OH is 1. The minimum Gasteiger partial charge on any atom is -0.390 e. The van der Waals surface area contributed by atoms with E-state index in [9.17, 15) is 5.11 Å². The van der Waals surface area contributed by atoms with Crippen molar-refractivity contribution in [1.29, 1.82) is 0 Å². The summed E-state index contributed by atoms with van der Waals surface area (Å²) in [5.74, 6) is 1.54. The summed E-state index contributed by atoms with van der Waals surface area (Å²) in [4.78, 5) is 2.42. The highest BCUT2D eigenvalue weighted by molar-refractivity contribution is 4.80. The number of aliphatic hydroxyl groups is 1. The van der Waals surface area contributed by atoms with Gasteiger partial charge in [0.05, 0.1) is 6.10 Å². The summed E-state index contributed by atoms with van der Waals surface area (Å²) in [6, 6.07) is 0.537. The van der Waals surface area contributed by atoms with E-state index in [0.717, 1.165) is 19.0 Å². The molecule has 1 fully saturated rings. The first-order valence-corrected chi connectivity index (χ1v) is 7.11. The predicted octanol–water partition coefficient (Wildman–Crippen LogP) is 1.71. The number of hydrogen-bond acceptors (Lipinski definition) is 3. The largest absolute Gasteiger partial charge is 0.390 e. The molecular formula is C14H30N2O. The van der Waals surface area contributed by atoms with Gasteiger partial charge in [-0.05, 0) is 45.1 Å². The Morgan fingerprint density at radius 2 is 1.82 bits per heavy atom. The lowest BCUT2D eigenvalue weighted by molar-refractivity contribution is 0.0911. The van der Waals surface area contributed by atoms with E-state index in [1.807, 2.05) is 0 Å². The fraction of sp³-hybridized carbons (Fsp3) is 1.00. The number of nitrogens with zero attached hydrogens (tertiary/aromatic N) is 1. The van der Waals surface area contributed by atoms with E-state index in [-0.39, 0.29) is 6.10 Å². The van der Waals surface area contributed by atoms with E-state index in [1.54, 1.807) is 0 Å². The van der Waals surface area contributed by atoms with Crippen LogP contribution in [0.1, 0.15) is 40.5 Å². The molecule has 0 radical (unpaired) electrons. The van der Waals surface area contributed by atoms with Crippen molar-refractivity contribution < 1.29 is 5.11 Å². The third-order valence-electron chi connectivity index (χ3n) is 3.30. The number of nitrogens with one attached hydrogen (secondary N) is 1. The summed E-state index contributed by atoms with van der Waals surface area (Å²) >= 11 is 0. The van der Waals surface area contributed by atoms with E-state index in [0.29, 0.717) is 18.5 Å². The van der Waals surface area contributed by atoms with Crippen LogP contribution in [0.15, 0.2) is 0 Å². The summed E-state index contributed by atoms with van der Waals surface area (Å²) < 4.78 is 0. The lowest BCUT2D eigenvalue weighted by atomic mass is 10.2. The second kappa shape index (κ2) is 7.34. The second-order valence-electron chi connectivity index (χ2n) is 6.20. The summed E-state index contributed by atoms with van der Waals surface area (Å²) in [5, 5.41) is 13.3. The normalized spacial score (nSPS) is 18.4. The standard InChI is InChI=1S/C14H30N2O/c1-11(2)7-15-8-14(17)10-16(12(3)4)9-13-5-6-13/h11-15,17H,5-10H2,1-4H3. The van der Waals surface area contributed by atoms with Crippen LogP contribution >= 0.6 is 0 Å². The van der Waals surface area contributed by atoms with Gasteiger partial charge >= 0.3 is 0 Å². The smallest absolute Gasteiger partial charge is 0.0791 e. The SMILES string of the molecule is CC(C)CNCC(O)CN(CC1CC1)C(C)C. The van der Waals surface area contributed by atoms with Crippen molar-refractivity contribution in [3.63, 3.8) is 0 Å². The van der Waals surface area contributed by atoms with Crippen LogP contribution in [0.2, 0.25) is 0 Å². The van der Waals surface area contributed by atoms with Crippen molar-refractivity contribution >= 4 is 0 Å². The molecule has 0 aromatic heterocycles. The Bertz CT molecular complexity index is 202. The fourth-order valence-electron chi connectivity index (χ4n) is 2.00. The van der Waals surface area contributed by atoms with Crippen LogP contribution in [0.25, 0.3) is 0 Å². The van der Waals surface area contributed by atoms with Gasteiger partial charge < -0.3 is 10.4 Å². The van der Waals surface area contributed by atoms with Gasteiger partial charge in [0.25, 0.3) is 0 Å². The summed E-state index contributed by atoms with van der Waals surface area (Å²) in [5.41, 5.74) is 0. The summed E-state index contributed by atoms with van der Waals surface area (Å²) in [6.07, 6.45) is 2.52. The molecule has 0 spiro atoms. The molecule has 0 amide bonds. The van der Waals surface area contributed by atoms with Crippen LogP contribution in [-0.4, -0.2) is 48.3 Å². The molecule has 0 heterocycles. The minimum atomic E-state index is -0.241. The van der Waals surface area contributed by atoms with Crippen LogP contribution in [0.3, 0.4) is 0 Å². The molecule has 0 aromatic rings. The van der Waals surface area contributed by atoms with Gasteiger partial charge in [0, 0.05) is 25.7 Å². The molecule has 0 bridgehead atoms. The third-order valence-corrected chi connectivity index (χ3v) is 3.30. The van der Waals surface area contributed by atoms with E-state index < -0.39 is 0 Å². The van der Waals surface area contributed by atoms with Gasteiger partial charge in [0.15, 0.2) is 0 Å². The summed E-state index contributed by atoms with van der Waals surface area (Å²) in [7, 11) is 0. The van der Waals surface area contributed by atoms with Crippen LogP contribution in [0.4, 0.5) is 0 Å². The van der Waals surface area contributed by atoms with Gasteiger partial charge in [-0.3, -0.25) is 4.90 Å². The van der Waals surface area contributed by atoms with E-state index in [2.05, 4.69) is 37.9 Å². The topological polar surface area (TPSA) is 35.5 Å². The molecule has 1 aliphatic rings. The lowest BCUT2D eigenvalue weighted by Crippen LogP contribution is -2.43. The highest BCUT2D eigenvalue weighted by atomic mass is 16.3. The average Bonchev–Trinajstić information content (AvgIpc) is 2.99. The predicted molar refractivity (Wildman–Crippen MR) is 73.1 cm³/mol. The number of rotatable bonds is 9. The maximum Gasteiger partial charge on any atom is 0.0791 e. The van der Waals surface area contributed by atoms with Gasteiger partial charge in [0.2, 0.25) is 0 Å². The average molecular weight is 242 g/mol. The third kappa shape index (κ3) is 7.02. The fourth-order valence-corrected chi connectivity index (χ4v) is 2.00. The van der Waals surface area contributed by atoms with Gasteiger partial charge in [0.1, 0.15) is 0 Å². The molecule has 0 aromatic carbocycles. The molecule has 3 heteroatoms. The van der Waals surface area contributed by atoms with Crippen molar-refractivity contribution in [3.8, 4) is 0 Å². The van der Waals surface area contributed by atoms with Crippen molar-refractivity contribution in [2.45, 2.75) is 52.7 Å². The highest BCUT2D eigenvalue weighted by Gasteiger charge is 2.26. The first kappa shape index (κ1) is 14.9. The molecule has 102 valence electrons. The maximum absolute atomic E-state index is 10.0. The summed E-state index contributed by atoms with van der Waals surface area (Å²) in [6.45, 7) is 12.5. The molecule has 0 saturated heterocycles. The zero-order chi connectivity index (χ0) is 12.8. The Hall–Kier alpha value is -0.120. The van der Waals surface area contributed by atoms with E-state index in [1.165, 1.54) is 19.4 Å². The van der Waals surface area contributed by atoms with Crippen molar-refractivity contribution in [3.05, 3.63) is 0 Å². The highest BCUT2D eigenvalue weighted by Crippen LogP contribution is 2.30. The van der Waals surface area contributed by atoms with Crippen LogP contribution in [0, 0.1) is 11.8 Å². The molecule has 1 unspecified atom stereocenters. The first-order valence-electron chi connectivity index (χ1n) is 7.11. The monoisotopic (exact) mass is 242 g/mol. The lowest BCUT2D eigenvalue weighted by Gasteiger charge is -2.29. The molecule has 2 N–H and O–H groups in total. The Morgan fingerprint density at radius 1 is 1.18 bits per heavy atom. The molecule has 1 aliphatic carbocycles. The minimum absolute atomic E-state index is 0.241. The maximum atomic E-state index is 10.0. The molecule has 17 heavy (non-hydrogen) atoms. The quantitative estimate of drug-likeness (QED) is 0.646. The van der Waals surface area contributed by atoms with Crippen molar-refractivity contribution in [2.24, 2.45) is 11.8 Å². The van der Waals surface area contributed by atoms with Crippen LogP contribution in [0.5, 0.6) is 0 Å². The molecule has 3 nitrogen and oxygen atoms in total. The number of hydrogen-bond donors (Lipinski definition) is 2. The van der Waals surface area contributed by atoms with Gasteiger partial charge in [-0.25, -0.2) is 0 Å². The molecule has 0 aliphatic heterocycles. The Labute approximate surface area is 107 Å². The molecule has 1 atom stereocenters. The zero-order valence-electron chi connectivity index (χ0n) is 11.9. The van der Waals surface area contributed by atoms with Crippen LogP contribution in [-0.2, 0) is 0 Å². The van der Waals surface area contributed by atoms with Gasteiger partial charge in [-0.2, -0.15) is 0 Å². The Morgan fingerprint density at radius 3 is 2.29 bits per heavy atom. The van der Waals surface area contributed by atoms with E-state index in [4.69, 9.17) is 0 Å². The Kier molecular flexibility index (Phi) is 6.45. The molecule has 1 rings (SSSR count). The first-order chi connectivity index (χ1) is 7.99. The zero-order valence-corrected chi connectivity index (χ0v) is 11.9. The van der Waals surface area contributed by atoms with Crippen LogP contribution < -0.4 is 5.32 Å². The van der Waals surface area contributed by atoms with Gasteiger partial charge in [-0.1, -0.05) is 13.8 Å². The van der Waals surface area contributed by atoms with Crippen molar-refractivity contribution in [1.82, 2.24) is 10.2 Å².